The van der Waals surface area contributed by atoms with Crippen LogP contribution in [0, 0.1) is 0 Å². The Labute approximate surface area is 826 Å². The van der Waals surface area contributed by atoms with Crippen molar-refractivity contribution in [1.82, 2.24) is 0 Å². The van der Waals surface area contributed by atoms with Crippen LogP contribution in [-0.2, 0) is 67.7 Å². The van der Waals surface area contributed by atoms with E-state index in [1.165, 1.54) is 0 Å². The summed E-state index contributed by atoms with van der Waals surface area (Å²) in [6.45, 7) is 14.4. The van der Waals surface area contributed by atoms with Crippen LogP contribution in [0.25, 0.3) is 98.0 Å². The maximum atomic E-state index is 6.94. The summed E-state index contributed by atoms with van der Waals surface area (Å²) in [6, 6.07) is 87.6. The molecule has 0 amide bonds. The largest absolute Gasteiger partial charge is 0.491 e. The molecule has 142 heavy (non-hydrogen) atoms. The van der Waals surface area contributed by atoms with Gasteiger partial charge in [-0.1, -0.05) is 182 Å². The molecule has 0 saturated carbocycles. The van der Waals surface area contributed by atoms with Crippen LogP contribution < -0.4 is 56.8 Å². The summed E-state index contributed by atoms with van der Waals surface area (Å²) in [5.41, 5.74) is 9.49. The Balaban J connectivity index is 0.580. The molecule has 0 saturated heterocycles. The van der Waals surface area contributed by atoms with Gasteiger partial charge in [-0.05, 0) is 185 Å². The summed E-state index contributed by atoms with van der Waals surface area (Å²) in [5.74, 6) is 7.38. The van der Waals surface area contributed by atoms with Crippen LogP contribution in [0.2, 0.25) is 0 Å². The van der Waals surface area contributed by atoms with Gasteiger partial charge in [0.05, 0.1) is 159 Å². The second kappa shape index (κ2) is 47.3. The molecule has 0 fully saturated rings. The molecular weight excluding hydrogens is 1800 g/mol. The van der Waals surface area contributed by atoms with Crippen molar-refractivity contribution in [2.45, 2.75) is 24.7 Å². The van der Waals surface area contributed by atoms with Gasteiger partial charge in [0.1, 0.15) is 114 Å². The molecule has 0 spiro atoms. The number of hydrogen-bond donors (Lipinski definition) is 0. The van der Waals surface area contributed by atoms with Gasteiger partial charge in [0.15, 0.2) is 34.5 Å². The molecule has 0 N–H and O–H groups in total. The lowest BCUT2D eigenvalue weighted by molar-refractivity contribution is 0.0245. The topological polar surface area (TPSA) is 222 Å². The van der Waals surface area contributed by atoms with E-state index < -0.39 is 10.8 Å². The minimum Gasteiger partial charge on any atom is -0.491 e. The third-order valence-electron chi connectivity index (χ3n) is 26.6. The first-order chi connectivity index (χ1) is 70.3. The average Bonchev–Trinajstić information content (AvgIpc) is 0.656. The summed E-state index contributed by atoms with van der Waals surface area (Å²) in [6.07, 6.45) is 0. The first-order valence-electron chi connectivity index (χ1n) is 49.5. The quantitative estimate of drug-likeness (QED) is 0.138. The van der Waals surface area contributed by atoms with E-state index >= 15 is 0 Å². The smallest absolute Gasteiger partial charge is 0.161 e. The van der Waals surface area contributed by atoms with E-state index in [0.717, 1.165) is 166 Å². The van der Waals surface area contributed by atoms with Gasteiger partial charge in [0.2, 0.25) is 0 Å². The van der Waals surface area contributed by atoms with Crippen LogP contribution in [0.15, 0.2) is 255 Å². The normalized spacial score (nSPS) is 19.1. The first-order valence-corrected chi connectivity index (χ1v) is 49.5. The van der Waals surface area contributed by atoms with E-state index in [9.17, 15) is 0 Å². The molecule has 3 heterocycles. The highest BCUT2D eigenvalue weighted by Gasteiger charge is 2.57. The zero-order valence-electron chi connectivity index (χ0n) is 80.5. The van der Waals surface area contributed by atoms with Crippen molar-refractivity contribution < 1.29 is 114 Å². The third kappa shape index (κ3) is 21.7. The molecule has 3 aliphatic heterocycles. The highest BCUT2D eigenvalue weighted by molar-refractivity contribution is 6.13. The lowest BCUT2D eigenvalue weighted by Gasteiger charge is -2.54. The van der Waals surface area contributed by atoms with Crippen molar-refractivity contribution in [1.29, 1.82) is 0 Å². The van der Waals surface area contributed by atoms with Gasteiger partial charge < -0.3 is 114 Å². The highest BCUT2D eigenvalue weighted by atomic mass is 16.6. The van der Waals surface area contributed by atoms with E-state index in [-0.39, 0.29) is 79.3 Å². The molecule has 24 heteroatoms. The monoisotopic (exact) mass is 1920 g/mol. The molecular formula is C118H120O24. The van der Waals surface area contributed by atoms with E-state index in [1.54, 1.807) is 0 Å². The Hall–Kier alpha value is -13.0. The SMILES string of the molecule is CC12c3cc4c(cc3C(C)(c3cc5c(cc31)OCCOCCOCCOc1ccc3ccccc3c1-c1c(ccc3ccccc13)OCCOCCOCCO5)c1cc3c(cc12)OCCOCCOCCOc1ccc2ccccc2c1-c1c(ccc2ccccc12)OCCOCCOCCO3)OCCOCCOCCOc1ccc2ccccc2c1-c1c(ccc2ccccc12)OCCOCCOCCO4. The van der Waals surface area contributed by atoms with Gasteiger partial charge in [-0.25, -0.2) is 0 Å². The Bertz CT molecular complexity index is 5800. The van der Waals surface area contributed by atoms with E-state index in [2.05, 4.69) is 196 Å². The molecule has 0 unspecified atom stereocenters. The van der Waals surface area contributed by atoms with Gasteiger partial charge in [-0.2, -0.15) is 0 Å². The maximum Gasteiger partial charge on any atom is 0.161 e. The van der Waals surface area contributed by atoms with Gasteiger partial charge in [-0.15, -0.1) is 0 Å². The number of fused-ring (bicyclic) bond motifs is 24. The number of benzene rings is 15. The average molecular weight is 1920 g/mol. The number of ether oxygens (including phenoxy) is 24. The van der Waals surface area contributed by atoms with Crippen LogP contribution in [0.5, 0.6) is 69.0 Å². The molecule has 21 rings (SSSR count). The predicted octanol–water partition coefficient (Wildman–Crippen LogP) is 20.8. The second-order valence-corrected chi connectivity index (χ2v) is 35.3. The number of hydrogen-bond acceptors (Lipinski definition) is 24. The Morgan fingerprint density at radius 1 is 0.134 bits per heavy atom. The van der Waals surface area contributed by atoms with Crippen molar-refractivity contribution in [3.8, 4) is 102 Å². The highest BCUT2D eigenvalue weighted by Crippen LogP contribution is 2.66. The second-order valence-electron chi connectivity index (χ2n) is 35.3. The van der Waals surface area contributed by atoms with E-state index in [4.69, 9.17) is 114 Å². The fourth-order valence-electron chi connectivity index (χ4n) is 19.9. The van der Waals surface area contributed by atoms with Crippen LogP contribution in [0.1, 0.15) is 47.2 Å². The molecule has 736 valence electrons. The molecule has 24 nitrogen and oxygen atoms in total. The van der Waals surface area contributed by atoms with Crippen LogP contribution in [0.4, 0.5) is 0 Å². The summed E-state index contributed by atoms with van der Waals surface area (Å²) >= 11 is 0. The predicted molar refractivity (Wildman–Crippen MR) is 547 cm³/mol. The van der Waals surface area contributed by atoms with Crippen molar-refractivity contribution in [3.63, 3.8) is 0 Å². The lowest BCUT2D eigenvalue weighted by Crippen LogP contribution is -2.48. The zero-order valence-corrected chi connectivity index (χ0v) is 80.5. The number of rotatable bonds is 0. The Kier molecular flexibility index (Phi) is 32.1. The molecule has 2 bridgehead atoms. The van der Waals surface area contributed by atoms with E-state index in [1.807, 2.05) is 72.8 Å². The molecule has 0 radical (unpaired) electrons. The third-order valence-corrected chi connectivity index (χ3v) is 26.6. The standard InChI is InChI=1S/C118H120O24/c1-117-93-75-105-108(140-72-60-128-48-42-122-54-66-134-102-36-30-84-18-6-12-24-90(84)114(102)111-87-21-9-3-15-81(87)27-33-99(111)131-63-51-119-39-45-125-57-69-137-105)78-96(93)118(2,97-79-109-106(76-94(97)117)138-70-58-126-46-40-120-52-64-132-100-34-28-82-16-4-10-22-88(82)112(100)115-91-25-13-7-19-85(91)31-37-103(115)135-67-55-123-43-49-129-61-73-141-109)98-80-110-107(77-95(98)117)139-71-59-127-47-41-121-53-65-133-101-35-29-83-17-5-11-23-89(83)113(101)116-92-26-14-8-20-86(92)32-38-104(116)136-68-56-124-44-50-130-62-74-142-110/h3-38,75-80H,39-74H2,1-2H3. The van der Waals surface area contributed by atoms with Gasteiger partial charge in [0.25, 0.3) is 0 Å². The molecule has 6 aliphatic rings. The summed E-state index contributed by atoms with van der Waals surface area (Å²) in [4.78, 5) is 0. The molecule has 3 aliphatic carbocycles. The van der Waals surface area contributed by atoms with Crippen LogP contribution >= 0.6 is 0 Å². The summed E-state index contributed by atoms with van der Waals surface area (Å²) < 4.78 is 157. The molecule has 15 aromatic rings. The van der Waals surface area contributed by atoms with Gasteiger partial charge >= 0.3 is 0 Å². The molecule has 15 aromatic carbocycles. The fourth-order valence-corrected chi connectivity index (χ4v) is 19.9. The van der Waals surface area contributed by atoms with Crippen molar-refractivity contribution in [3.05, 3.63) is 288 Å². The molecule has 0 atom stereocenters. The van der Waals surface area contributed by atoms with Crippen molar-refractivity contribution in [2.75, 3.05) is 238 Å². The Morgan fingerprint density at radius 3 is 0.394 bits per heavy atom. The van der Waals surface area contributed by atoms with Gasteiger partial charge in [0, 0.05) is 44.2 Å². The van der Waals surface area contributed by atoms with Gasteiger partial charge in [-0.3, -0.25) is 0 Å². The summed E-state index contributed by atoms with van der Waals surface area (Å²) in [5, 5.41) is 12.7. The maximum absolute atomic E-state index is 6.94. The van der Waals surface area contributed by atoms with Crippen LogP contribution in [0.3, 0.4) is 0 Å². The van der Waals surface area contributed by atoms with Crippen LogP contribution in [-0.4, -0.2) is 238 Å². The lowest BCUT2D eigenvalue weighted by atomic mass is 9.48. The Morgan fingerprint density at radius 2 is 0.254 bits per heavy atom. The minimum atomic E-state index is -0.977. The van der Waals surface area contributed by atoms with Crippen molar-refractivity contribution in [2.24, 2.45) is 0 Å². The fraction of sp³-hybridized carbons (Fsp3) is 0.339. The van der Waals surface area contributed by atoms with E-state index in [0.29, 0.717) is 193 Å². The van der Waals surface area contributed by atoms with Crippen molar-refractivity contribution >= 4 is 64.6 Å². The zero-order chi connectivity index (χ0) is 95.9. The minimum absolute atomic E-state index is 0.179. The summed E-state index contributed by atoms with van der Waals surface area (Å²) in [7, 11) is 0. The first kappa shape index (κ1) is 96.5. The molecule has 0 aromatic heterocycles.